The fraction of sp³-hybridized carbons (Fsp3) is 0.733. The highest BCUT2D eigenvalue weighted by molar-refractivity contribution is 7.89. The van der Waals surface area contributed by atoms with E-state index in [0.29, 0.717) is 36.4 Å². The van der Waals surface area contributed by atoms with Crippen molar-refractivity contribution < 1.29 is 8.42 Å². The van der Waals surface area contributed by atoms with Crippen LogP contribution in [-0.2, 0) is 23.6 Å². The largest absolute Gasteiger partial charge is 0.352 e. The number of hydrogen-bond donors (Lipinski definition) is 1. The first-order valence-electron chi connectivity index (χ1n) is 7.72. The third-order valence-electron chi connectivity index (χ3n) is 4.41. The second kappa shape index (κ2) is 6.50. The maximum absolute atomic E-state index is 12.7. The molecular weight excluding hydrogens is 286 g/mol. The van der Waals surface area contributed by atoms with Gasteiger partial charge in [-0.25, -0.2) is 8.42 Å². The molecule has 2 heterocycles. The number of sulfonamides is 1. The highest BCUT2D eigenvalue weighted by Gasteiger charge is 2.35. The van der Waals surface area contributed by atoms with Gasteiger partial charge in [0.05, 0.1) is 0 Å². The van der Waals surface area contributed by atoms with Gasteiger partial charge in [0.25, 0.3) is 0 Å². The molecule has 2 rings (SSSR count). The molecular formula is C15H27N3O2S. The van der Waals surface area contributed by atoms with Gasteiger partial charge in [-0.05, 0) is 30.9 Å². The van der Waals surface area contributed by atoms with Crippen LogP contribution >= 0.6 is 0 Å². The van der Waals surface area contributed by atoms with E-state index in [1.807, 2.05) is 11.6 Å². The van der Waals surface area contributed by atoms with Gasteiger partial charge in [-0.1, -0.05) is 20.8 Å². The van der Waals surface area contributed by atoms with Gasteiger partial charge in [0.15, 0.2) is 0 Å². The van der Waals surface area contributed by atoms with Gasteiger partial charge in [0, 0.05) is 38.6 Å². The molecule has 5 nitrogen and oxygen atoms in total. The van der Waals surface area contributed by atoms with Gasteiger partial charge in [-0.2, -0.15) is 4.31 Å². The number of nitrogens with one attached hydrogen (secondary N) is 1. The van der Waals surface area contributed by atoms with Gasteiger partial charge >= 0.3 is 0 Å². The fourth-order valence-electron chi connectivity index (χ4n) is 2.71. The first-order valence-corrected chi connectivity index (χ1v) is 9.16. The average Bonchev–Trinajstić information content (AvgIpc) is 2.95. The Balaban J connectivity index is 2.15. The molecule has 0 aliphatic carbocycles. The minimum Gasteiger partial charge on any atom is -0.352 e. The molecule has 120 valence electrons. The number of hydrogen-bond acceptors (Lipinski definition) is 3. The third-order valence-corrected chi connectivity index (χ3v) is 6.21. The standard InChI is InChI=1S/C15H27N3O2S/c1-5-6-16-8-14-7-15(11-17(14)4)21(19,20)18-9-12(2)13(3)10-18/h7,11-13,16H,5-6,8-10H2,1-4H3. The van der Waals surface area contributed by atoms with Crippen molar-refractivity contribution in [3.63, 3.8) is 0 Å². The Morgan fingerprint density at radius 1 is 1.29 bits per heavy atom. The summed E-state index contributed by atoms with van der Waals surface area (Å²) in [6, 6.07) is 1.80. The molecule has 1 aliphatic heterocycles. The van der Waals surface area contributed by atoms with E-state index in [-0.39, 0.29) is 0 Å². The van der Waals surface area contributed by atoms with Crippen LogP contribution in [0.2, 0.25) is 0 Å². The van der Waals surface area contributed by atoms with Gasteiger partial charge in [-0.15, -0.1) is 0 Å². The van der Waals surface area contributed by atoms with Crippen molar-refractivity contribution in [2.75, 3.05) is 19.6 Å². The highest BCUT2D eigenvalue weighted by atomic mass is 32.2. The monoisotopic (exact) mass is 313 g/mol. The molecule has 21 heavy (non-hydrogen) atoms. The molecule has 1 aliphatic rings. The van der Waals surface area contributed by atoms with E-state index in [2.05, 4.69) is 26.1 Å². The van der Waals surface area contributed by atoms with E-state index >= 15 is 0 Å². The normalized spacial score (nSPS) is 23.8. The van der Waals surface area contributed by atoms with Gasteiger partial charge in [0.2, 0.25) is 10.0 Å². The molecule has 0 amide bonds. The van der Waals surface area contributed by atoms with Crippen LogP contribution in [0.3, 0.4) is 0 Å². The van der Waals surface area contributed by atoms with Crippen molar-refractivity contribution >= 4 is 10.0 Å². The second-order valence-corrected chi connectivity index (χ2v) is 8.17. The molecule has 1 aromatic heterocycles. The summed E-state index contributed by atoms with van der Waals surface area (Å²) in [5, 5.41) is 3.31. The first-order chi connectivity index (χ1) is 9.86. The van der Waals surface area contributed by atoms with E-state index in [9.17, 15) is 8.42 Å². The summed E-state index contributed by atoms with van der Waals surface area (Å²) in [6.45, 7) is 9.24. The summed E-state index contributed by atoms with van der Waals surface area (Å²) in [6.07, 6.45) is 2.80. The summed E-state index contributed by atoms with van der Waals surface area (Å²) in [7, 11) is -1.45. The Kier molecular flexibility index (Phi) is 5.11. The molecule has 2 unspecified atom stereocenters. The summed E-state index contributed by atoms with van der Waals surface area (Å²) >= 11 is 0. The van der Waals surface area contributed by atoms with E-state index in [1.165, 1.54) is 0 Å². The lowest BCUT2D eigenvalue weighted by Crippen LogP contribution is -2.28. The molecule has 6 heteroatoms. The Bertz CT molecular complexity index is 570. The lowest BCUT2D eigenvalue weighted by Gasteiger charge is -2.14. The molecule has 0 radical (unpaired) electrons. The van der Waals surface area contributed by atoms with Crippen LogP contribution in [0.1, 0.15) is 32.9 Å². The predicted molar refractivity (Wildman–Crippen MR) is 84.5 cm³/mol. The number of aromatic nitrogens is 1. The summed E-state index contributed by atoms with van der Waals surface area (Å²) in [5.41, 5.74) is 1.00. The molecule has 2 atom stereocenters. The van der Waals surface area contributed by atoms with Gasteiger partial charge in [0.1, 0.15) is 4.90 Å². The molecule has 1 aromatic rings. The SMILES string of the molecule is CCCNCc1cc(S(=O)(=O)N2CC(C)C(C)C2)cn1C. The molecule has 1 N–H and O–H groups in total. The van der Waals surface area contributed by atoms with Gasteiger partial charge < -0.3 is 9.88 Å². The maximum Gasteiger partial charge on any atom is 0.244 e. The van der Waals surface area contributed by atoms with Crippen molar-refractivity contribution in [3.05, 3.63) is 18.0 Å². The Hall–Kier alpha value is -0.850. The maximum atomic E-state index is 12.7. The number of nitrogens with zero attached hydrogens (tertiary/aromatic N) is 2. The predicted octanol–water partition coefficient (Wildman–Crippen LogP) is 1.80. The van der Waals surface area contributed by atoms with Crippen LogP contribution in [-0.4, -0.2) is 36.9 Å². The third kappa shape index (κ3) is 3.49. The molecule has 0 bridgehead atoms. The first kappa shape index (κ1) is 16.5. The Morgan fingerprint density at radius 3 is 2.48 bits per heavy atom. The van der Waals surface area contributed by atoms with Crippen LogP contribution in [0.4, 0.5) is 0 Å². The zero-order chi connectivity index (χ0) is 15.6. The van der Waals surface area contributed by atoms with Crippen LogP contribution in [0.25, 0.3) is 0 Å². The minimum absolute atomic E-state index is 0.416. The van der Waals surface area contributed by atoms with E-state index in [0.717, 1.165) is 18.7 Å². The van der Waals surface area contributed by atoms with Crippen molar-refractivity contribution in [3.8, 4) is 0 Å². The van der Waals surface area contributed by atoms with Crippen LogP contribution < -0.4 is 5.32 Å². The summed E-state index contributed by atoms with van der Waals surface area (Å²) < 4.78 is 29.0. The average molecular weight is 313 g/mol. The van der Waals surface area contributed by atoms with Crippen LogP contribution in [0.15, 0.2) is 17.2 Å². The fourth-order valence-corrected chi connectivity index (χ4v) is 4.45. The quantitative estimate of drug-likeness (QED) is 0.815. The van der Waals surface area contributed by atoms with E-state index < -0.39 is 10.0 Å². The van der Waals surface area contributed by atoms with E-state index in [1.54, 1.807) is 16.6 Å². The smallest absolute Gasteiger partial charge is 0.244 e. The van der Waals surface area contributed by atoms with Crippen LogP contribution in [0.5, 0.6) is 0 Å². The molecule has 1 saturated heterocycles. The lowest BCUT2D eigenvalue weighted by molar-refractivity contribution is 0.463. The Morgan fingerprint density at radius 2 is 1.90 bits per heavy atom. The topological polar surface area (TPSA) is 54.3 Å². The van der Waals surface area contributed by atoms with Crippen molar-refractivity contribution in [2.45, 2.75) is 38.6 Å². The highest BCUT2D eigenvalue weighted by Crippen LogP contribution is 2.28. The zero-order valence-electron chi connectivity index (χ0n) is 13.5. The second-order valence-electron chi connectivity index (χ2n) is 6.23. The van der Waals surface area contributed by atoms with Crippen LogP contribution in [0, 0.1) is 11.8 Å². The molecule has 0 aromatic carbocycles. The summed E-state index contributed by atoms with van der Waals surface area (Å²) in [4.78, 5) is 0.416. The van der Waals surface area contributed by atoms with E-state index in [4.69, 9.17) is 0 Å². The number of rotatable bonds is 6. The van der Waals surface area contributed by atoms with Crippen molar-refractivity contribution in [2.24, 2.45) is 18.9 Å². The van der Waals surface area contributed by atoms with Crippen molar-refractivity contribution in [1.29, 1.82) is 0 Å². The Labute approximate surface area is 128 Å². The number of aryl methyl sites for hydroxylation is 1. The van der Waals surface area contributed by atoms with Crippen molar-refractivity contribution in [1.82, 2.24) is 14.2 Å². The molecule has 0 spiro atoms. The zero-order valence-corrected chi connectivity index (χ0v) is 14.3. The van der Waals surface area contributed by atoms with Gasteiger partial charge in [-0.3, -0.25) is 0 Å². The molecule has 0 saturated carbocycles. The molecule has 1 fully saturated rings. The lowest BCUT2D eigenvalue weighted by atomic mass is 10.0. The summed E-state index contributed by atoms with van der Waals surface area (Å²) in [5.74, 6) is 0.850. The minimum atomic E-state index is -3.35.